The first-order valence-corrected chi connectivity index (χ1v) is 5.08. The van der Waals surface area contributed by atoms with E-state index in [-0.39, 0.29) is 5.91 Å². The topological polar surface area (TPSA) is 55.6 Å². The molecule has 4 nitrogen and oxygen atoms in total. The number of anilines is 1. The summed E-state index contributed by atoms with van der Waals surface area (Å²) in [6.07, 6.45) is 0. The van der Waals surface area contributed by atoms with E-state index in [9.17, 15) is 4.79 Å². The number of carbonyl (C=O) groups is 1. The molecule has 0 saturated carbocycles. The van der Waals surface area contributed by atoms with Crippen LogP contribution < -0.4 is 5.73 Å². The van der Waals surface area contributed by atoms with Crippen molar-refractivity contribution in [1.82, 2.24) is 5.06 Å². The third kappa shape index (κ3) is 2.33. The highest BCUT2D eigenvalue weighted by atomic mass is 16.7. The van der Waals surface area contributed by atoms with Gasteiger partial charge in [-0.2, -0.15) is 0 Å². The van der Waals surface area contributed by atoms with Gasteiger partial charge in [0, 0.05) is 12.7 Å². The lowest BCUT2D eigenvalue weighted by atomic mass is 9.83. The van der Waals surface area contributed by atoms with Gasteiger partial charge in [-0.05, 0) is 31.5 Å². The van der Waals surface area contributed by atoms with E-state index in [4.69, 9.17) is 10.6 Å². The molecule has 0 fully saturated rings. The number of rotatable bonds is 3. The van der Waals surface area contributed by atoms with Crippen molar-refractivity contribution < 1.29 is 9.63 Å². The molecule has 0 heterocycles. The minimum atomic E-state index is -0.627. The summed E-state index contributed by atoms with van der Waals surface area (Å²) in [5.74, 6) is -0.0974. The van der Waals surface area contributed by atoms with E-state index in [1.165, 1.54) is 12.2 Å². The highest BCUT2D eigenvalue weighted by molar-refractivity contribution is 5.86. The Labute approximate surface area is 95.9 Å². The quantitative estimate of drug-likeness (QED) is 0.624. The monoisotopic (exact) mass is 222 g/mol. The van der Waals surface area contributed by atoms with Crippen LogP contribution in [0.1, 0.15) is 19.4 Å². The SMILES string of the molecule is CON(C)C(=O)C(C)(C)c1ccc(N)cc1. The van der Waals surface area contributed by atoms with Gasteiger partial charge < -0.3 is 5.73 Å². The molecule has 0 aliphatic carbocycles. The number of nitrogens with two attached hydrogens (primary N) is 1. The van der Waals surface area contributed by atoms with Crippen molar-refractivity contribution in [2.75, 3.05) is 19.9 Å². The van der Waals surface area contributed by atoms with E-state index >= 15 is 0 Å². The lowest BCUT2D eigenvalue weighted by Gasteiger charge is -2.28. The van der Waals surface area contributed by atoms with Crippen LogP contribution in [0.4, 0.5) is 5.69 Å². The van der Waals surface area contributed by atoms with Crippen LogP contribution in [0.15, 0.2) is 24.3 Å². The van der Waals surface area contributed by atoms with Gasteiger partial charge in [0.15, 0.2) is 0 Å². The number of amides is 1. The van der Waals surface area contributed by atoms with Crippen LogP contribution in [-0.4, -0.2) is 25.1 Å². The number of hydroxylamine groups is 2. The highest BCUT2D eigenvalue weighted by Crippen LogP contribution is 2.26. The second-order valence-electron chi connectivity index (χ2n) is 4.23. The molecule has 0 aliphatic heterocycles. The molecule has 0 unspecified atom stereocenters. The standard InChI is InChI=1S/C12H18N2O2/c1-12(2,11(15)14(3)16-4)9-5-7-10(13)8-6-9/h5-8H,13H2,1-4H3. The second kappa shape index (κ2) is 4.53. The maximum absolute atomic E-state index is 12.1. The van der Waals surface area contributed by atoms with E-state index in [0.29, 0.717) is 5.69 Å². The number of hydrogen-bond acceptors (Lipinski definition) is 3. The molecule has 16 heavy (non-hydrogen) atoms. The average molecular weight is 222 g/mol. The molecule has 0 aliphatic rings. The Balaban J connectivity index is 3.01. The summed E-state index contributed by atoms with van der Waals surface area (Å²) in [6, 6.07) is 7.29. The number of hydrogen-bond donors (Lipinski definition) is 1. The molecule has 88 valence electrons. The lowest BCUT2D eigenvalue weighted by molar-refractivity contribution is -0.174. The van der Waals surface area contributed by atoms with Crippen molar-refractivity contribution in [1.29, 1.82) is 0 Å². The molecule has 0 saturated heterocycles. The van der Waals surface area contributed by atoms with Gasteiger partial charge in [-0.1, -0.05) is 12.1 Å². The molecule has 0 radical (unpaired) electrons. The molecule has 4 heteroatoms. The largest absolute Gasteiger partial charge is 0.399 e. The zero-order valence-electron chi connectivity index (χ0n) is 10.2. The highest BCUT2D eigenvalue weighted by Gasteiger charge is 2.32. The van der Waals surface area contributed by atoms with E-state index in [1.54, 1.807) is 19.2 Å². The fraction of sp³-hybridized carbons (Fsp3) is 0.417. The van der Waals surface area contributed by atoms with E-state index in [0.717, 1.165) is 5.56 Å². The normalized spacial score (nSPS) is 11.2. The molecule has 2 N–H and O–H groups in total. The molecule has 1 aromatic rings. The van der Waals surface area contributed by atoms with Gasteiger partial charge in [0.25, 0.3) is 5.91 Å². The van der Waals surface area contributed by atoms with Crippen molar-refractivity contribution in [3.8, 4) is 0 Å². The molecular formula is C12H18N2O2. The maximum Gasteiger partial charge on any atom is 0.255 e. The van der Waals surface area contributed by atoms with Gasteiger partial charge in [-0.15, -0.1) is 0 Å². The number of likely N-dealkylation sites (N-methyl/N-ethyl adjacent to an activating group) is 1. The Morgan fingerprint density at radius 1 is 1.31 bits per heavy atom. The number of benzene rings is 1. The molecule has 0 spiro atoms. The van der Waals surface area contributed by atoms with Gasteiger partial charge in [0.05, 0.1) is 12.5 Å². The Kier molecular flexibility index (Phi) is 3.55. The Hall–Kier alpha value is -1.55. The van der Waals surface area contributed by atoms with Gasteiger partial charge in [0.1, 0.15) is 0 Å². The van der Waals surface area contributed by atoms with E-state index in [2.05, 4.69) is 0 Å². The van der Waals surface area contributed by atoms with Crippen LogP contribution in [-0.2, 0) is 15.0 Å². The fourth-order valence-electron chi connectivity index (χ4n) is 1.50. The molecular weight excluding hydrogens is 204 g/mol. The first kappa shape index (κ1) is 12.5. The summed E-state index contributed by atoms with van der Waals surface area (Å²) < 4.78 is 0. The van der Waals surface area contributed by atoms with Crippen molar-refractivity contribution in [3.05, 3.63) is 29.8 Å². The zero-order valence-corrected chi connectivity index (χ0v) is 10.2. The van der Waals surface area contributed by atoms with Crippen molar-refractivity contribution >= 4 is 11.6 Å². The minimum Gasteiger partial charge on any atom is -0.399 e. The second-order valence-corrected chi connectivity index (χ2v) is 4.23. The van der Waals surface area contributed by atoms with Crippen LogP contribution >= 0.6 is 0 Å². The molecule has 1 rings (SSSR count). The predicted octanol–water partition coefficient (Wildman–Crippen LogP) is 1.57. The number of nitrogens with zero attached hydrogens (tertiary/aromatic N) is 1. The summed E-state index contributed by atoms with van der Waals surface area (Å²) in [6.45, 7) is 3.72. The van der Waals surface area contributed by atoms with Crippen LogP contribution in [0, 0.1) is 0 Å². The van der Waals surface area contributed by atoms with Crippen molar-refractivity contribution in [2.45, 2.75) is 19.3 Å². The summed E-state index contributed by atoms with van der Waals surface area (Å²) in [7, 11) is 3.07. The molecule has 1 aromatic carbocycles. The maximum atomic E-state index is 12.1. The molecule has 0 aromatic heterocycles. The third-order valence-electron chi connectivity index (χ3n) is 2.73. The summed E-state index contributed by atoms with van der Waals surface area (Å²) >= 11 is 0. The van der Waals surface area contributed by atoms with Gasteiger partial charge in [0.2, 0.25) is 0 Å². The van der Waals surface area contributed by atoms with Crippen LogP contribution in [0.2, 0.25) is 0 Å². The van der Waals surface area contributed by atoms with Gasteiger partial charge in [-0.25, -0.2) is 5.06 Å². The molecule has 1 amide bonds. The Bertz CT molecular complexity index is 371. The predicted molar refractivity (Wildman–Crippen MR) is 63.7 cm³/mol. The minimum absolute atomic E-state index is 0.0974. The van der Waals surface area contributed by atoms with Crippen molar-refractivity contribution in [3.63, 3.8) is 0 Å². The van der Waals surface area contributed by atoms with E-state index in [1.807, 2.05) is 26.0 Å². The number of carbonyl (C=O) groups excluding carboxylic acids is 1. The Morgan fingerprint density at radius 2 is 1.81 bits per heavy atom. The van der Waals surface area contributed by atoms with Crippen molar-refractivity contribution in [2.24, 2.45) is 0 Å². The molecule has 0 bridgehead atoms. The fourth-order valence-corrected chi connectivity index (χ4v) is 1.50. The zero-order chi connectivity index (χ0) is 12.3. The van der Waals surface area contributed by atoms with Gasteiger partial charge in [-0.3, -0.25) is 9.63 Å². The lowest BCUT2D eigenvalue weighted by Crippen LogP contribution is -2.40. The summed E-state index contributed by atoms with van der Waals surface area (Å²) in [5, 5.41) is 1.23. The first-order valence-electron chi connectivity index (χ1n) is 5.08. The third-order valence-corrected chi connectivity index (χ3v) is 2.73. The number of nitrogen functional groups attached to an aromatic ring is 1. The van der Waals surface area contributed by atoms with Crippen LogP contribution in [0.3, 0.4) is 0 Å². The average Bonchev–Trinajstić information content (AvgIpc) is 2.27. The Morgan fingerprint density at radius 3 is 2.25 bits per heavy atom. The van der Waals surface area contributed by atoms with Crippen LogP contribution in [0.5, 0.6) is 0 Å². The van der Waals surface area contributed by atoms with Crippen LogP contribution in [0.25, 0.3) is 0 Å². The van der Waals surface area contributed by atoms with E-state index < -0.39 is 5.41 Å². The van der Waals surface area contributed by atoms with Gasteiger partial charge >= 0.3 is 0 Å². The summed E-state index contributed by atoms with van der Waals surface area (Å²) in [4.78, 5) is 17.0. The smallest absolute Gasteiger partial charge is 0.255 e. The summed E-state index contributed by atoms with van der Waals surface area (Å²) in [5.41, 5.74) is 6.59. The molecule has 0 atom stereocenters. The first-order chi connectivity index (χ1) is 7.39.